The van der Waals surface area contributed by atoms with E-state index < -0.39 is 0 Å². The lowest BCUT2D eigenvalue weighted by atomic mass is 10.1. The van der Waals surface area contributed by atoms with Gasteiger partial charge in [-0.3, -0.25) is 0 Å². The number of rotatable bonds is 5. The molecule has 1 aromatic heterocycles. The van der Waals surface area contributed by atoms with Gasteiger partial charge in [-0.2, -0.15) is 0 Å². The predicted molar refractivity (Wildman–Crippen MR) is 66.5 cm³/mol. The summed E-state index contributed by atoms with van der Waals surface area (Å²) in [4.78, 5) is 1.27. The van der Waals surface area contributed by atoms with Crippen LogP contribution in [0.1, 0.15) is 33.0 Å². The number of thioether (sulfide) groups is 1. The minimum absolute atomic E-state index is 0.232. The van der Waals surface area contributed by atoms with Crippen LogP contribution < -0.4 is 5.32 Å². The molecule has 1 heterocycles. The zero-order chi connectivity index (χ0) is 11.3. The maximum absolute atomic E-state index is 5.24. The molecule has 3 heteroatoms. The second-order valence-corrected chi connectivity index (χ2v) is 5.86. The van der Waals surface area contributed by atoms with E-state index >= 15 is 0 Å². The van der Waals surface area contributed by atoms with Gasteiger partial charge >= 0.3 is 0 Å². The minimum atomic E-state index is 0.232. The highest BCUT2D eigenvalue weighted by Gasteiger charge is 2.07. The van der Waals surface area contributed by atoms with Crippen molar-refractivity contribution in [1.82, 2.24) is 5.32 Å². The van der Waals surface area contributed by atoms with Crippen LogP contribution in [0.3, 0.4) is 0 Å². The molecular weight excluding hydrogens is 206 g/mol. The summed E-state index contributed by atoms with van der Waals surface area (Å²) in [5.41, 5.74) is 0.232. The number of furan rings is 1. The lowest BCUT2D eigenvalue weighted by molar-refractivity contribution is 0.427. The standard InChI is InChI=1S/C12H21NOS/c1-10-11(6-8-14-10)15-9-5-7-13-12(2,3)4/h6,8,13H,5,7,9H2,1-4H3. The van der Waals surface area contributed by atoms with Crippen molar-refractivity contribution in [2.75, 3.05) is 12.3 Å². The Morgan fingerprint density at radius 1 is 1.40 bits per heavy atom. The summed E-state index contributed by atoms with van der Waals surface area (Å²) < 4.78 is 5.24. The van der Waals surface area contributed by atoms with Crippen LogP contribution in [0.4, 0.5) is 0 Å². The molecule has 1 N–H and O–H groups in total. The van der Waals surface area contributed by atoms with Gasteiger partial charge in [0.2, 0.25) is 0 Å². The van der Waals surface area contributed by atoms with Crippen molar-refractivity contribution in [3.63, 3.8) is 0 Å². The van der Waals surface area contributed by atoms with Crippen LogP contribution in [0.15, 0.2) is 21.6 Å². The first-order valence-corrected chi connectivity index (χ1v) is 6.39. The van der Waals surface area contributed by atoms with Gasteiger partial charge in [0.25, 0.3) is 0 Å². The van der Waals surface area contributed by atoms with Gasteiger partial charge in [0.05, 0.1) is 6.26 Å². The van der Waals surface area contributed by atoms with Crippen LogP contribution in [0.25, 0.3) is 0 Å². The molecule has 0 aromatic carbocycles. The molecule has 0 aliphatic carbocycles. The quantitative estimate of drug-likeness (QED) is 0.616. The zero-order valence-electron chi connectivity index (χ0n) is 10.1. The van der Waals surface area contributed by atoms with E-state index in [1.807, 2.05) is 24.8 Å². The summed E-state index contributed by atoms with van der Waals surface area (Å²) in [6.45, 7) is 9.67. The molecule has 0 aliphatic rings. The van der Waals surface area contributed by atoms with Gasteiger partial charge in [0.1, 0.15) is 5.76 Å². The molecule has 0 saturated carbocycles. The third-order valence-corrected chi connectivity index (χ3v) is 3.27. The third-order valence-electron chi connectivity index (χ3n) is 2.05. The fourth-order valence-electron chi connectivity index (χ4n) is 1.24. The van der Waals surface area contributed by atoms with Crippen LogP contribution >= 0.6 is 11.8 Å². The van der Waals surface area contributed by atoms with Crippen molar-refractivity contribution < 1.29 is 4.42 Å². The van der Waals surface area contributed by atoms with Crippen LogP contribution in [-0.4, -0.2) is 17.8 Å². The van der Waals surface area contributed by atoms with E-state index in [0.717, 1.165) is 18.1 Å². The van der Waals surface area contributed by atoms with Crippen molar-refractivity contribution in [2.24, 2.45) is 0 Å². The molecule has 0 unspecified atom stereocenters. The Hall–Kier alpha value is -0.410. The summed E-state index contributed by atoms with van der Waals surface area (Å²) in [6.07, 6.45) is 2.94. The van der Waals surface area contributed by atoms with E-state index in [-0.39, 0.29) is 5.54 Å². The molecular formula is C12H21NOS. The van der Waals surface area contributed by atoms with Gasteiger partial charge in [-0.15, -0.1) is 11.8 Å². The molecule has 15 heavy (non-hydrogen) atoms. The van der Waals surface area contributed by atoms with Crippen LogP contribution in [0, 0.1) is 6.92 Å². The molecule has 0 saturated heterocycles. The van der Waals surface area contributed by atoms with Gasteiger partial charge in [-0.25, -0.2) is 0 Å². The third kappa shape index (κ3) is 5.28. The fourth-order valence-corrected chi connectivity index (χ4v) is 2.15. The molecule has 0 atom stereocenters. The molecule has 0 radical (unpaired) electrons. The molecule has 0 aliphatic heterocycles. The molecule has 0 fully saturated rings. The van der Waals surface area contributed by atoms with E-state index in [4.69, 9.17) is 4.42 Å². The molecule has 2 nitrogen and oxygen atoms in total. The second-order valence-electron chi connectivity index (χ2n) is 4.72. The maximum Gasteiger partial charge on any atom is 0.114 e. The lowest BCUT2D eigenvalue weighted by Gasteiger charge is -2.20. The lowest BCUT2D eigenvalue weighted by Crippen LogP contribution is -2.36. The summed E-state index contributed by atoms with van der Waals surface area (Å²) in [6, 6.07) is 2.04. The smallest absolute Gasteiger partial charge is 0.114 e. The number of hydrogen-bond acceptors (Lipinski definition) is 3. The fraction of sp³-hybridized carbons (Fsp3) is 0.667. The van der Waals surface area contributed by atoms with Gasteiger partial charge < -0.3 is 9.73 Å². The van der Waals surface area contributed by atoms with E-state index in [0.29, 0.717) is 0 Å². The van der Waals surface area contributed by atoms with Gasteiger partial charge in [-0.05, 0) is 52.5 Å². The SMILES string of the molecule is Cc1occc1SCCCNC(C)(C)C. The van der Waals surface area contributed by atoms with E-state index in [2.05, 4.69) is 26.1 Å². The Bertz CT molecular complexity index is 288. The van der Waals surface area contributed by atoms with E-state index in [1.54, 1.807) is 6.26 Å². The van der Waals surface area contributed by atoms with E-state index in [9.17, 15) is 0 Å². The average Bonchev–Trinajstić information content (AvgIpc) is 2.49. The predicted octanol–water partition coefficient (Wildman–Crippen LogP) is 3.46. The van der Waals surface area contributed by atoms with Crippen molar-refractivity contribution in [1.29, 1.82) is 0 Å². The number of hydrogen-bond donors (Lipinski definition) is 1. The first-order valence-electron chi connectivity index (χ1n) is 5.41. The largest absolute Gasteiger partial charge is 0.468 e. The Balaban J connectivity index is 2.10. The monoisotopic (exact) mass is 227 g/mol. The minimum Gasteiger partial charge on any atom is -0.468 e. The molecule has 0 bridgehead atoms. The Kier molecular flexibility index (Phi) is 4.74. The maximum atomic E-state index is 5.24. The molecule has 1 aromatic rings. The summed E-state index contributed by atoms with van der Waals surface area (Å²) in [5.74, 6) is 2.17. The van der Waals surface area contributed by atoms with Gasteiger partial charge in [0, 0.05) is 10.4 Å². The first kappa shape index (κ1) is 12.7. The van der Waals surface area contributed by atoms with Crippen molar-refractivity contribution in [3.8, 4) is 0 Å². The second kappa shape index (κ2) is 5.61. The molecule has 0 amide bonds. The van der Waals surface area contributed by atoms with Crippen molar-refractivity contribution >= 4 is 11.8 Å². The van der Waals surface area contributed by atoms with Crippen molar-refractivity contribution in [3.05, 3.63) is 18.1 Å². The first-order chi connectivity index (χ1) is 6.99. The van der Waals surface area contributed by atoms with Crippen molar-refractivity contribution in [2.45, 2.75) is 44.6 Å². The summed E-state index contributed by atoms with van der Waals surface area (Å²) in [5, 5.41) is 3.48. The number of nitrogens with one attached hydrogen (secondary N) is 1. The van der Waals surface area contributed by atoms with Gasteiger partial charge in [0.15, 0.2) is 0 Å². The summed E-state index contributed by atoms with van der Waals surface area (Å²) >= 11 is 1.87. The zero-order valence-corrected chi connectivity index (χ0v) is 10.9. The Morgan fingerprint density at radius 2 is 2.13 bits per heavy atom. The highest BCUT2D eigenvalue weighted by atomic mass is 32.2. The van der Waals surface area contributed by atoms with Crippen LogP contribution in [0.2, 0.25) is 0 Å². The highest BCUT2D eigenvalue weighted by molar-refractivity contribution is 7.99. The molecule has 0 spiro atoms. The van der Waals surface area contributed by atoms with Crippen LogP contribution in [-0.2, 0) is 0 Å². The Labute approximate surface area is 96.8 Å². The topological polar surface area (TPSA) is 25.2 Å². The van der Waals surface area contributed by atoms with Crippen LogP contribution in [0.5, 0.6) is 0 Å². The molecule has 86 valence electrons. The Morgan fingerprint density at radius 3 is 2.67 bits per heavy atom. The van der Waals surface area contributed by atoms with Gasteiger partial charge in [-0.1, -0.05) is 0 Å². The average molecular weight is 227 g/mol. The molecule has 1 rings (SSSR count). The highest BCUT2D eigenvalue weighted by Crippen LogP contribution is 2.23. The van der Waals surface area contributed by atoms with E-state index in [1.165, 1.54) is 11.3 Å². The summed E-state index contributed by atoms with van der Waals surface area (Å²) in [7, 11) is 0. The number of aryl methyl sites for hydroxylation is 1. The normalized spacial score (nSPS) is 12.0.